The third-order valence-electron chi connectivity index (χ3n) is 3.45. The van der Waals surface area contributed by atoms with Gasteiger partial charge in [0.1, 0.15) is 5.75 Å². The fourth-order valence-electron chi connectivity index (χ4n) is 2.43. The highest BCUT2D eigenvalue weighted by molar-refractivity contribution is 5.78. The van der Waals surface area contributed by atoms with E-state index in [-0.39, 0.29) is 17.4 Å². The number of aliphatic hydroxyl groups is 1. The van der Waals surface area contributed by atoms with Gasteiger partial charge < -0.3 is 15.2 Å². The van der Waals surface area contributed by atoms with Gasteiger partial charge in [-0.15, -0.1) is 0 Å². The number of hydrogen-bond donors (Lipinski definition) is 2. The Labute approximate surface area is 127 Å². The van der Waals surface area contributed by atoms with Crippen molar-refractivity contribution in [2.24, 2.45) is 5.41 Å². The standard InChI is InChI=1S/C17H27NO3/c1-12-6-7-14(8-15(12)21-5)9-16(20)18-11-17(3,4)10-13(2)19/h6-8,13,19H,9-11H2,1-5H3,(H,18,20). The first-order valence-electron chi connectivity index (χ1n) is 7.32. The summed E-state index contributed by atoms with van der Waals surface area (Å²) < 4.78 is 5.27. The van der Waals surface area contributed by atoms with E-state index in [0.29, 0.717) is 19.4 Å². The van der Waals surface area contributed by atoms with Gasteiger partial charge in [-0.2, -0.15) is 0 Å². The highest BCUT2D eigenvalue weighted by atomic mass is 16.5. The Morgan fingerprint density at radius 3 is 2.67 bits per heavy atom. The second kappa shape index (κ2) is 7.46. The van der Waals surface area contributed by atoms with Crippen molar-refractivity contribution in [1.29, 1.82) is 0 Å². The van der Waals surface area contributed by atoms with Gasteiger partial charge in [0.25, 0.3) is 0 Å². The van der Waals surface area contributed by atoms with E-state index in [2.05, 4.69) is 5.32 Å². The fraction of sp³-hybridized carbons (Fsp3) is 0.588. The summed E-state index contributed by atoms with van der Waals surface area (Å²) in [6, 6.07) is 5.80. The number of carbonyl (C=O) groups excluding carboxylic acids is 1. The third kappa shape index (κ3) is 6.17. The zero-order chi connectivity index (χ0) is 16.0. The molecule has 0 aliphatic carbocycles. The fourth-order valence-corrected chi connectivity index (χ4v) is 2.43. The van der Waals surface area contributed by atoms with Crippen LogP contribution in [0, 0.1) is 12.3 Å². The minimum atomic E-state index is -0.363. The number of rotatable bonds is 7. The normalized spacial score (nSPS) is 12.9. The van der Waals surface area contributed by atoms with Gasteiger partial charge in [0.05, 0.1) is 19.6 Å². The largest absolute Gasteiger partial charge is 0.496 e. The minimum absolute atomic E-state index is 0.0143. The van der Waals surface area contributed by atoms with Crippen LogP contribution >= 0.6 is 0 Å². The van der Waals surface area contributed by atoms with Gasteiger partial charge in [0, 0.05) is 6.54 Å². The van der Waals surface area contributed by atoms with Crippen molar-refractivity contribution in [3.05, 3.63) is 29.3 Å². The SMILES string of the molecule is COc1cc(CC(=O)NCC(C)(C)CC(C)O)ccc1C. The molecule has 1 amide bonds. The highest BCUT2D eigenvalue weighted by Gasteiger charge is 2.21. The van der Waals surface area contributed by atoms with Gasteiger partial charge in [-0.25, -0.2) is 0 Å². The monoisotopic (exact) mass is 293 g/mol. The molecule has 4 nitrogen and oxygen atoms in total. The molecule has 0 heterocycles. The molecular weight excluding hydrogens is 266 g/mol. The summed E-state index contributed by atoms with van der Waals surface area (Å²) >= 11 is 0. The summed E-state index contributed by atoms with van der Waals surface area (Å²) in [5.41, 5.74) is 1.87. The van der Waals surface area contributed by atoms with E-state index in [4.69, 9.17) is 4.74 Å². The van der Waals surface area contributed by atoms with Gasteiger partial charge in [-0.1, -0.05) is 26.0 Å². The molecule has 1 aromatic carbocycles. The molecule has 1 atom stereocenters. The molecule has 0 saturated heterocycles. The Morgan fingerprint density at radius 1 is 1.43 bits per heavy atom. The lowest BCUT2D eigenvalue weighted by Crippen LogP contribution is -2.36. The average molecular weight is 293 g/mol. The van der Waals surface area contributed by atoms with Crippen molar-refractivity contribution in [3.8, 4) is 5.75 Å². The maximum atomic E-state index is 12.0. The zero-order valence-electron chi connectivity index (χ0n) is 13.7. The third-order valence-corrected chi connectivity index (χ3v) is 3.45. The highest BCUT2D eigenvalue weighted by Crippen LogP contribution is 2.22. The van der Waals surface area contributed by atoms with Gasteiger partial charge in [-0.3, -0.25) is 4.79 Å². The molecule has 1 aromatic rings. The van der Waals surface area contributed by atoms with Crippen molar-refractivity contribution in [3.63, 3.8) is 0 Å². The van der Waals surface area contributed by atoms with Crippen LogP contribution in [0.15, 0.2) is 18.2 Å². The second-order valence-electron chi connectivity index (χ2n) is 6.47. The molecule has 0 bridgehead atoms. The van der Waals surface area contributed by atoms with Crippen LogP contribution in [0.3, 0.4) is 0 Å². The van der Waals surface area contributed by atoms with Crippen molar-refractivity contribution in [2.75, 3.05) is 13.7 Å². The van der Waals surface area contributed by atoms with E-state index in [1.165, 1.54) is 0 Å². The minimum Gasteiger partial charge on any atom is -0.496 e. The zero-order valence-corrected chi connectivity index (χ0v) is 13.7. The number of amides is 1. The summed E-state index contributed by atoms with van der Waals surface area (Å²) in [6.07, 6.45) is 0.630. The molecular formula is C17H27NO3. The van der Waals surface area contributed by atoms with Crippen LogP contribution in [0.4, 0.5) is 0 Å². The molecule has 21 heavy (non-hydrogen) atoms. The van der Waals surface area contributed by atoms with Crippen molar-refractivity contribution in [2.45, 2.75) is 46.6 Å². The molecule has 2 N–H and O–H groups in total. The molecule has 0 spiro atoms. The lowest BCUT2D eigenvalue weighted by Gasteiger charge is -2.26. The summed E-state index contributed by atoms with van der Waals surface area (Å²) in [7, 11) is 1.63. The predicted molar refractivity (Wildman–Crippen MR) is 84.5 cm³/mol. The van der Waals surface area contributed by atoms with Gasteiger partial charge >= 0.3 is 0 Å². The smallest absolute Gasteiger partial charge is 0.224 e. The van der Waals surface area contributed by atoms with Crippen LogP contribution in [0.1, 0.15) is 38.3 Å². The van der Waals surface area contributed by atoms with Crippen LogP contribution in [-0.4, -0.2) is 30.8 Å². The lowest BCUT2D eigenvalue weighted by atomic mass is 9.87. The summed E-state index contributed by atoms with van der Waals surface area (Å²) in [4.78, 5) is 12.0. The molecule has 118 valence electrons. The predicted octanol–water partition coefficient (Wildman–Crippen LogP) is 2.46. The van der Waals surface area contributed by atoms with Crippen LogP contribution in [-0.2, 0) is 11.2 Å². The van der Waals surface area contributed by atoms with Crippen molar-refractivity contribution in [1.82, 2.24) is 5.32 Å². The Bertz CT molecular complexity index is 481. The van der Waals surface area contributed by atoms with E-state index in [0.717, 1.165) is 16.9 Å². The summed E-state index contributed by atoms with van der Waals surface area (Å²) in [6.45, 7) is 8.37. The number of aryl methyl sites for hydroxylation is 1. The van der Waals surface area contributed by atoms with E-state index in [9.17, 15) is 9.90 Å². The van der Waals surface area contributed by atoms with Gasteiger partial charge in [0.2, 0.25) is 5.91 Å². The number of hydrogen-bond acceptors (Lipinski definition) is 3. The number of methoxy groups -OCH3 is 1. The molecule has 1 rings (SSSR count). The average Bonchev–Trinajstić information content (AvgIpc) is 2.37. The van der Waals surface area contributed by atoms with Crippen LogP contribution in [0.2, 0.25) is 0 Å². The summed E-state index contributed by atoms with van der Waals surface area (Å²) in [5.74, 6) is 0.786. The van der Waals surface area contributed by atoms with E-state index < -0.39 is 0 Å². The molecule has 0 aliphatic rings. The molecule has 0 aromatic heterocycles. The van der Waals surface area contributed by atoms with E-state index in [1.54, 1.807) is 14.0 Å². The number of ether oxygens (including phenoxy) is 1. The van der Waals surface area contributed by atoms with Crippen molar-refractivity contribution >= 4 is 5.91 Å². The topological polar surface area (TPSA) is 58.6 Å². The maximum absolute atomic E-state index is 12.0. The number of benzene rings is 1. The quantitative estimate of drug-likeness (QED) is 0.812. The molecule has 0 fully saturated rings. The molecule has 0 saturated carbocycles. The lowest BCUT2D eigenvalue weighted by molar-refractivity contribution is -0.121. The van der Waals surface area contributed by atoms with Crippen LogP contribution < -0.4 is 10.1 Å². The summed E-state index contributed by atoms with van der Waals surface area (Å²) in [5, 5.41) is 12.4. The first kappa shape index (κ1) is 17.5. The van der Waals surface area contributed by atoms with E-state index in [1.807, 2.05) is 39.0 Å². The van der Waals surface area contributed by atoms with E-state index >= 15 is 0 Å². The van der Waals surface area contributed by atoms with Gasteiger partial charge in [0.15, 0.2) is 0 Å². The molecule has 1 unspecified atom stereocenters. The Morgan fingerprint density at radius 2 is 2.10 bits per heavy atom. The first-order valence-corrected chi connectivity index (χ1v) is 7.32. The van der Waals surface area contributed by atoms with Crippen LogP contribution in [0.5, 0.6) is 5.75 Å². The molecule has 0 aliphatic heterocycles. The Kier molecular flexibility index (Phi) is 6.21. The number of aliphatic hydroxyl groups excluding tert-OH is 1. The molecule has 4 heteroatoms. The Hall–Kier alpha value is -1.55. The van der Waals surface area contributed by atoms with Crippen LogP contribution in [0.25, 0.3) is 0 Å². The second-order valence-corrected chi connectivity index (χ2v) is 6.47. The maximum Gasteiger partial charge on any atom is 0.224 e. The number of nitrogens with one attached hydrogen (secondary N) is 1. The Balaban J connectivity index is 2.54. The van der Waals surface area contributed by atoms with Gasteiger partial charge in [-0.05, 0) is 42.9 Å². The molecule has 0 radical (unpaired) electrons. The first-order chi connectivity index (χ1) is 9.73. The van der Waals surface area contributed by atoms with Crippen molar-refractivity contribution < 1.29 is 14.6 Å². The number of carbonyl (C=O) groups is 1.